The zero-order valence-electron chi connectivity index (χ0n) is 13.3. The third-order valence-electron chi connectivity index (χ3n) is 2.67. The number of aldehydes is 1. The average molecular weight is 353 g/mol. The fourth-order valence-corrected chi connectivity index (χ4v) is 1.95. The maximum absolute atomic E-state index is 12.0. The predicted octanol–water partition coefficient (Wildman–Crippen LogP) is -1.34. The third-order valence-corrected chi connectivity index (χ3v) is 3.16. The summed E-state index contributed by atoms with van der Waals surface area (Å²) in [6.45, 7) is 4.47. The van der Waals surface area contributed by atoms with Gasteiger partial charge in [0, 0.05) is 0 Å². The molecule has 0 spiro atoms. The smallest absolute Gasteiger partial charge is 0.345 e. The second kappa shape index (κ2) is 9.74. The molecule has 0 saturated carbocycles. The number of carbonyl (C=O) groups excluding carboxylic acids is 3. The lowest BCUT2D eigenvalue weighted by atomic mass is 10.0. The molecule has 10 nitrogen and oxygen atoms in total. The largest absolute Gasteiger partial charge is 0.469 e. The van der Waals surface area contributed by atoms with Gasteiger partial charge < -0.3 is 30.9 Å². The standard InChI is InChI=1S/C12H24N3O7P/c1-7(2)4-10(12(18)14-8(3)5-16)15-11(17)9(13)6-22-23(19,20)21/h5,7-10H,4,6,13H2,1-3H3,(H,14,18)(H,15,17)(H2,19,20,21)/t8-,9-,10-/m0/s1. The number of nitrogens with one attached hydrogen (secondary N) is 2. The molecule has 0 unspecified atom stereocenters. The summed E-state index contributed by atoms with van der Waals surface area (Å²) in [6, 6.07) is -2.99. The zero-order chi connectivity index (χ0) is 18.2. The lowest BCUT2D eigenvalue weighted by Gasteiger charge is -2.22. The molecule has 2 amide bonds. The van der Waals surface area contributed by atoms with Gasteiger partial charge in [-0.05, 0) is 19.3 Å². The molecule has 3 atom stereocenters. The average Bonchev–Trinajstić information content (AvgIpc) is 2.42. The van der Waals surface area contributed by atoms with Crippen LogP contribution in [0.25, 0.3) is 0 Å². The van der Waals surface area contributed by atoms with E-state index in [-0.39, 0.29) is 5.92 Å². The van der Waals surface area contributed by atoms with Crippen LogP contribution in [-0.4, -0.2) is 52.6 Å². The van der Waals surface area contributed by atoms with Gasteiger partial charge in [-0.15, -0.1) is 0 Å². The first-order valence-corrected chi connectivity index (χ1v) is 8.51. The Morgan fingerprint density at radius 3 is 2.22 bits per heavy atom. The molecule has 6 N–H and O–H groups in total. The fourth-order valence-electron chi connectivity index (χ4n) is 1.59. The van der Waals surface area contributed by atoms with Gasteiger partial charge in [0.1, 0.15) is 18.4 Å². The summed E-state index contributed by atoms with van der Waals surface area (Å²) in [5.74, 6) is -1.27. The molecule has 0 aromatic heterocycles. The van der Waals surface area contributed by atoms with Crippen molar-refractivity contribution in [3.8, 4) is 0 Å². The van der Waals surface area contributed by atoms with E-state index in [2.05, 4.69) is 15.2 Å². The Hall–Kier alpha value is -1.32. The molecule has 0 aromatic carbocycles. The van der Waals surface area contributed by atoms with Gasteiger partial charge in [0.2, 0.25) is 11.8 Å². The normalized spacial score (nSPS) is 15.6. The molecule has 0 radical (unpaired) electrons. The number of amides is 2. The summed E-state index contributed by atoms with van der Waals surface area (Å²) in [7, 11) is -4.74. The minimum atomic E-state index is -4.74. The number of nitrogens with two attached hydrogens (primary N) is 1. The van der Waals surface area contributed by atoms with Crippen molar-refractivity contribution in [3.05, 3.63) is 0 Å². The lowest BCUT2D eigenvalue weighted by molar-refractivity contribution is -0.131. The van der Waals surface area contributed by atoms with Crippen molar-refractivity contribution in [1.82, 2.24) is 10.6 Å². The molecule has 0 fully saturated rings. The summed E-state index contributed by atoms with van der Waals surface area (Å²) in [4.78, 5) is 51.7. The molecule has 0 bridgehead atoms. The topological polar surface area (TPSA) is 168 Å². The van der Waals surface area contributed by atoms with Gasteiger partial charge in [0.25, 0.3) is 0 Å². The van der Waals surface area contributed by atoms with Crippen LogP contribution in [0.3, 0.4) is 0 Å². The zero-order valence-corrected chi connectivity index (χ0v) is 14.2. The van der Waals surface area contributed by atoms with Gasteiger partial charge in [0.15, 0.2) is 0 Å². The Bertz CT molecular complexity index is 466. The molecular formula is C12H24N3O7P. The number of phosphoric acid groups is 1. The summed E-state index contributed by atoms with van der Waals surface area (Å²) >= 11 is 0. The van der Waals surface area contributed by atoms with Crippen molar-refractivity contribution in [2.45, 2.75) is 45.3 Å². The minimum Gasteiger partial charge on any atom is -0.345 e. The summed E-state index contributed by atoms with van der Waals surface area (Å²) in [6.07, 6.45) is 0.848. The second-order valence-corrected chi connectivity index (χ2v) is 6.76. The van der Waals surface area contributed by atoms with Crippen LogP contribution in [0.1, 0.15) is 27.2 Å². The van der Waals surface area contributed by atoms with Crippen LogP contribution >= 0.6 is 7.82 Å². The Morgan fingerprint density at radius 1 is 1.22 bits per heavy atom. The first-order chi connectivity index (χ1) is 10.5. The molecule has 0 heterocycles. The third kappa shape index (κ3) is 10.1. The van der Waals surface area contributed by atoms with E-state index in [0.717, 1.165) is 0 Å². The van der Waals surface area contributed by atoms with Crippen molar-refractivity contribution in [2.24, 2.45) is 11.7 Å². The first kappa shape index (κ1) is 21.7. The van der Waals surface area contributed by atoms with Gasteiger partial charge in [-0.25, -0.2) is 4.57 Å². The fraction of sp³-hybridized carbons (Fsp3) is 0.750. The van der Waals surface area contributed by atoms with E-state index in [4.69, 9.17) is 15.5 Å². The Morgan fingerprint density at radius 2 is 1.78 bits per heavy atom. The molecule has 0 aliphatic heterocycles. The minimum absolute atomic E-state index is 0.0696. The van der Waals surface area contributed by atoms with Gasteiger partial charge in [0.05, 0.1) is 12.6 Å². The molecule has 0 aliphatic carbocycles. The van der Waals surface area contributed by atoms with Crippen molar-refractivity contribution >= 4 is 25.9 Å². The van der Waals surface area contributed by atoms with Crippen LogP contribution in [0.5, 0.6) is 0 Å². The SMILES string of the molecule is CC(C)C[C@H](NC(=O)[C@@H](N)COP(=O)(O)O)C(=O)N[C@@H](C)C=O. The quantitative estimate of drug-likeness (QED) is 0.237. The van der Waals surface area contributed by atoms with Gasteiger partial charge in [-0.1, -0.05) is 13.8 Å². The monoisotopic (exact) mass is 353 g/mol. The van der Waals surface area contributed by atoms with Gasteiger partial charge >= 0.3 is 7.82 Å². The van der Waals surface area contributed by atoms with E-state index >= 15 is 0 Å². The van der Waals surface area contributed by atoms with E-state index in [1.165, 1.54) is 6.92 Å². The first-order valence-electron chi connectivity index (χ1n) is 6.98. The number of phosphoric ester groups is 1. The molecule has 0 aliphatic rings. The van der Waals surface area contributed by atoms with E-state index in [0.29, 0.717) is 12.7 Å². The summed E-state index contributed by atoms with van der Waals surface area (Å²) < 4.78 is 14.7. The Labute approximate surface area is 134 Å². The van der Waals surface area contributed by atoms with E-state index in [1.807, 2.05) is 13.8 Å². The highest BCUT2D eigenvalue weighted by Gasteiger charge is 2.27. The molecule has 23 heavy (non-hydrogen) atoms. The molecule has 134 valence electrons. The molecular weight excluding hydrogens is 329 g/mol. The van der Waals surface area contributed by atoms with Crippen LogP contribution in [-0.2, 0) is 23.5 Å². The molecule has 11 heteroatoms. The van der Waals surface area contributed by atoms with Crippen molar-refractivity contribution in [2.75, 3.05) is 6.61 Å². The number of carbonyl (C=O) groups is 3. The highest BCUT2D eigenvalue weighted by Crippen LogP contribution is 2.35. The van der Waals surface area contributed by atoms with Crippen LogP contribution < -0.4 is 16.4 Å². The lowest BCUT2D eigenvalue weighted by Crippen LogP contribution is -2.54. The Kier molecular flexibility index (Phi) is 9.18. The second-order valence-electron chi connectivity index (χ2n) is 5.52. The van der Waals surface area contributed by atoms with Crippen molar-refractivity contribution < 1.29 is 33.3 Å². The maximum atomic E-state index is 12.0. The van der Waals surface area contributed by atoms with Crippen molar-refractivity contribution in [1.29, 1.82) is 0 Å². The highest BCUT2D eigenvalue weighted by molar-refractivity contribution is 7.46. The number of hydrogen-bond donors (Lipinski definition) is 5. The van der Waals surface area contributed by atoms with Crippen molar-refractivity contribution in [3.63, 3.8) is 0 Å². The van der Waals surface area contributed by atoms with Crippen LogP contribution in [0.15, 0.2) is 0 Å². The van der Waals surface area contributed by atoms with E-state index in [1.54, 1.807) is 0 Å². The molecule has 0 saturated heterocycles. The highest BCUT2D eigenvalue weighted by atomic mass is 31.2. The maximum Gasteiger partial charge on any atom is 0.469 e. The Balaban J connectivity index is 4.74. The van der Waals surface area contributed by atoms with Crippen LogP contribution in [0, 0.1) is 5.92 Å². The van der Waals surface area contributed by atoms with Crippen LogP contribution in [0.2, 0.25) is 0 Å². The summed E-state index contributed by atoms with van der Waals surface area (Å²) in [5, 5.41) is 4.81. The van der Waals surface area contributed by atoms with Crippen LogP contribution in [0.4, 0.5) is 0 Å². The number of rotatable bonds is 10. The number of hydrogen-bond acceptors (Lipinski definition) is 6. The summed E-state index contributed by atoms with van der Waals surface area (Å²) in [5.41, 5.74) is 5.46. The molecule has 0 aromatic rings. The van der Waals surface area contributed by atoms with E-state index in [9.17, 15) is 18.9 Å². The van der Waals surface area contributed by atoms with Gasteiger partial charge in [-0.3, -0.25) is 14.1 Å². The van der Waals surface area contributed by atoms with Gasteiger partial charge in [-0.2, -0.15) is 0 Å². The molecule has 0 rings (SSSR count). The predicted molar refractivity (Wildman–Crippen MR) is 81.0 cm³/mol. The van der Waals surface area contributed by atoms with E-state index < -0.39 is 44.4 Å².